The predicted molar refractivity (Wildman–Crippen MR) is 54.5 cm³/mol. The molecule has 1 heterocycles. The molecule has 0 amide bonds. The molecule has 0 aliphatic carbocycles. The van der Waals surface area contributed by atoms with Gasteiger partial charge in [0.25, 0.3) is 0 Å². The molecule has 0 bridgehead atoms. The summed E-state index contributed by atoms with van der Waals surface area (Å²) in [5, 5.41) is 12.8. The molecule has 5 nitrogen and oxygen atoms in total. The van der Waals surface area contributed by atoms with Crippen LogP contribution in [0, 0.1) is 5.82 Å². The zero-order chi connectivity index (χ0) is 11.7. The van der Waals surface area contributed by atoms with Crippen molar-refractivity contribution in [2.75, 3.05) is 12.8 Å². The molecule has 0 unspecified atom stereocenters. The minimum atomic E-state index is -0.711. The van der Waals surface area contributed by atoms with Crippen LogP contribution in [0.25, 0.3) is 11.1 Å². The van der Waals surface area contributed by atoms with Crippen molar-refractivity contribution in [1.29, 1.82) is 0 Å². The minimum absolute atomic E-state index is 0.00615. The molecule has 0 aliphatic heterocycles. The Morgan fingerprint density at radius 2 is 2.19 bits per heavy atom. The lowest BCUT2D eigenvalue weighted by Crippen LogP contribution is -1.93. The van der Waals surface area contributed by atoms with Crippen molar-refractivity contribution < 1.29 is 18.8 Å². The van der Waals surface area contributed by atoms with Crippen LogP contribution in [0.5, 0.6) is 11.5 Å². The van der Waals surface area contributed by atoms with Gasteiger partial charge in [0.2, 0.25) is 5.88 Å². The van der Waals surface area contributed by atoms with E-state index in [2.05, 4.69) is 9.68 Å². The van der Waals surface area contributed by atoms with Gasteiger partial charge in [0.1, 0.15) is 0 Å². The number of hydrogen-bond acceptors (Lipinski definition) is 5. The summed E-state index contributed by atoms with van der Waals surface area (Å²) in [6.07, 6.45) is 1.30. The molecule has 2 aromatic rings. The van der Waals surface area contributed by atoms with E-state index in [0.717, 1.165) is 0 Å². The standard InChI is InChI=1S/C10H9FN2O3/c1-15-9-7(14)3-2-5(8(9)11)6-4-13-16-10(6)12/h2-4,14H,12H2,1H3. The number of phenolic OH excluding ortho intramolecular Hbond substituents is 1. The quantitative estimate of drug-likeness (QED) is 0.812. The average Bonchev–Trinajstić information content (AvgIpc) is 2.66. The molecule has 6 heteroatoms. The monoisotopic (exact) mass is 224 g/mol. The third-order valence-corrected chi connectivity index (χ3v) is 2.17. The number of ether oxygens (including phenoxy) is 1. The van der Waals surface area contributed by atoms with Gasteiger partial charge in [-0.25, -0.2) is 4.39 Å². The lowest BCUT2D eigenvalue weighted by atomic mass is 10.1. The molecular weight excluding hydrogens is 215 g/mol. The Hall–Kier alpha value is -2.24. The molecule has 0 atom stereocenters. The van der Waals surface area contributed by atoms with Crippen LogP contribution in [-0.2, 0) is 0 Å². The Balaban J connectivity index is 2.63. The van der Waals surface area contributed by atoms with E-state index in [1.807, 2.05) is 0 Å². The van der Waals surface area contributed by atoms with Crippen molar-refractivity contribution in [3.8, 4) is 22.6 Å². The number of nitrogens with zero attached hydrogens (tertiary/aromatic N) is 1. The number of phenols is 1. The summed E-state index contributed by atoms with van der Waals surface area (Å²) in [4.78, 5) is 0. The number of nitrogen functional groups attached to an aromatic ring is 1. The summed E-state index contributed by atoms with van der Waals surface area (Å²) < 4.78 is 23.2. The highest BCUT2D eigenvalue weighted by molar-refractivity contribution is 5.74. The minimum Gasteiger partial charge on any atom is -0.504 e. The van der Waals surface area contributed by atoms with Crippen LogP contribution >= 0.6 is 0 Å². The van der Waals surface area contributed by atoms with Crippen LogP contribution in [-0.4, -0.2) is 17.4 Å². The van der Waals surface area contributed by atoms with Gasteiger partial charge in [-0.05, 0) is 12.1 Å². The Bertz CT molecular complexity index is 525. The highest BCUT2D eigenvalue weighted by Crippen LogP contribution is 2.37. The smallest absolute Gasteiger partial charge is 0.230 e. The van der Waals surface area contributed by atoms with Crippen LogP contribution in [0.3, 0.4) is 0 Å². The first kappa shape index (κ1) is 10.3. The van der Waals surface area contributed by atoms with Crippen LogP contribution in [0.15, 0.2) is 22.9 Å². The molecule has 0 aliphatic rings. The number of halogens is 1. The van der Waals surface area contributed by atoms with Gasteiger partial charge in [-0.15, -0.1) is 0 Å². The molecule has 16 heavy (non-hydrogen) atoms. The number of benzene rings is 1. The maximum Gasteiger partial charge on any atom is 0.230 e. The molecule has 2 rings (SSSR count). The fourth-order valence-corrected chi connectivity index (χ4v) is 1.40. The van der Waals surface area contributed by atoms with Crippen molar-refractivity contribution in [2.45, 2.75) is 0 Å². The summed E-state index contributed by atoms with van der Waals surface area (Å²) in [5.74, 6) is -1.22. The van der Waals surface area contributed by atoms with E-state index in [4.69, 9.17) is 10.5 Å². The van der Waals surface area contributed by atoms with E-state index in [1.54, 1.807) is 0 Å². The fraction of sp³-hybridized carbons (Fsp3) is 0.100. The molecule has 0 radical (unpaired) electrons. The van der Waals surface area contributed by atoms with Crippen molar-refractivity contribution in [2.24, 2.45) is 0 Å². The molecule has 0 spiro atoms. The number of rotatable bonds is 2. The second-order valence-electron chi connectivity index (χ2n) is 3.08. The van der Waals surface area contributed by atoms with E-state index >= 15 is 0 Å². The summed E-state index contributed by atoms with van der Waals surface area (Å²) in [7, 11) is 1.26. The second kappa shape index (κ2) is 3.73. The average molecular weight is 224 g/mol. The predicted octanol–water partition coefficient (Wildman–Crippen LogP) is 1.78. The van der Waals surface area contributed by atoms with Crippen molar-refractivity contribution in [3.05, 3.63) is 24.1 Å². The van der Waals surface area contributed by atoms with Gasteiger partial charge in [-0.2, -0.15) is 0 Å². The van der Waals surface area contributed by atoms with Crippen LogP contribution in [0.1, 0.15) is 0 Å². The molecule has 1 aromatic heterocycles. The summed E-state index contributed by atoms with van der Waals surface area (Å²) in [6, 6.07) is 2.68. The normalized spacial score (nSPS) is 10.4. The van der Waals surface area contributed by atoms with E-state index in [9.17, 15) is 9.50 Å². The number of hydrogen-bond donors (Lipinski definition) is 2. The second-order valence-corrected chi connectivity index (χ2v) is 3.08. The third-order valence-electron chi connectivity index (χ3n) is 2.17. The molecular formula is C10H9FN2O3. The zero-order valence-electron chi connectivity index (χ0n) is 8.40. The maximum absolute atomic E-state index is 13.9. The van der Waals surface area contributed by atoms with E-state index in [-0.39, 0.29) is 22.9 Å². The Labute approximate surface area is 90.2 Å². The van der Waals surface area contributed by atoms with Gasteiger partial charge in [0, 0.05) is 5.56 Å². The van der Waals surface area contributed by atoms with Crippen molar-refractivity contribution in [3.63, 3.8) is 0 Å². The van der Waals surface area contributed by atoms with Gasteiger partial charge in [-0.1, -0.05) is 5.16 Å². The Morgan fingerprint density at radius 3 is 2.75 bits per heavy atom. The first-order valence-corrected chi connectivity index (χ1v) is 4.41. The Morgan fingerprint density at radius 1 is 1.44 bits per heavy atom. The van der Waals surface area contributed by atoms with E-state index in [0.29, 0.717) is 5.56 Å². The highest BCUT2D eigenvalue weighted by atomic mass is 19.1. The van der Waals surface area contributed by atoms with Gasteiger partial charge in [-0.3, -0.25) is 0 Å². The number of aromatic nitrogens is 1. The summed E-state index contributed by atoms with van der Waals surface area (Å²) in [5.41, 5.74) is 5.95. The lowest BCUT2D eigenvalue weighted by molar-refractivity contribution is 0.352. The SMILES string of the molecule is COc1c(O)ccc(-c2cnoc2N)c1F. The number of nitrogens with two attached hydrogens (primary N) is 1. The zero-order valence-corrected chi connectivity index (χ0v) is 8.40. The van der Waals surface area contributed by atoms with Gasteiger partial charge in [0.05, 0.1) is 18.9 Å². The fourth-order valence-electron chi connectivity index (χ4n) is 1.40. The Kier molecular flexibility index (Phi) is 2.40. The van der Waals surface area contributed by atoms with Crippen molar-refractivity contribution >= 4 is 5.88 Å². The van der Waals surface area contributed by atoms with E-state index in [1.165, 1.54) is 25.4 Å². The van der Waals surface area contributed by atoms with Gasteiger partial charge < -0.3 is 20.1 Å². The number of anilines is 1. The lowest BCUT2D eigenvalue weighted by Gasteiger charge is -2.07. The van der Waals surface area contributed by atoms with Crippen LogP contribution in [0.2, 0.25) is 0 Å². The molecule has 0 fully saturated rings. The highest BCUT2D eigenvalue weighted by Gasteiger charge is 2.18. The largest absolute Gasteiger partial charge is 0.504 e. The van der Waals surface area contributed by atoms with Gasteiger partial charge in [0.15, 0.2) is 17.3 Å². The van der Waals surface area contributed by atoms with Gasteiger partial charge >= 0.3 is 0 Å². The van der Waals surface area contributed by atoms with E-state index < -0.39 is 5.82 Å². The maximum atomic E-state index is 13.9. The molecule has 0 saturated carbocycles. The van der Waals surface area contributed by atoms with Crippen molar-refractivity contribution in [1.82, 2.24) is 5.16 Å². The summed E-state index contributed by atoms with van der Waals surface area (Å²) in [6.45, 7) is 0. The summed E-state index contributed by atoms with van der Waals surface area (Å²) >= 11 is 0. The third kappa shape index (κ3) is 1.44. The first-order valence-electron chi connectivity index (χ1n) is 4.41. The van der Waals surface area contributed by atoms with Crippen LogP contribution < -0.4 is 10.5 Å². The molecule has 1 aromatic carbocycles. The molecule has 3 N–H and O–H groups in total. The van der Waals surface area contributed by atoms with Crippen LogP contribution in [0.4, 0.5) is 10.3 Å². The molecule has 0 saturated heterocycles. The number of aromatic hydroxyl groups is 1. The first-order chi connectivity index (χ1) is 7.65. The topological polar surface area (TPSA) is 81.5 Å². The molecule has 84 valence electrons. The number of methoxy groups -OCH3 is 1.